The van der Waals surface area contributed by atoms with E-state index in [9.17, 15) is 4.79 Å². The van der Waals surface area contributed by atoms with E-state index in [2.05, 4.69) is 67.7 Å². The van der Waals surface area contributed by atoms with Gasteiger partial charge in [-0.25, -0.2) is 4.79 Å². The zero-order valence-corrected chi connectivity index (χ0v) is 23.8. The second-order valence-electron chi connectivity index (χ2n) is 12.3. The van der Waals surface area contributed by atoms with Crippen LogP contribution in [0.15, 0.2) is 11.6 Å². The van der Waals surface area contributed by atoms with Gasteiger partial charge in [0.2, 0.25) is 0 Å². The van der Waals surface area contributed by atoms with E-state index in [-0.39, 0.29) is 16.2 Å². The fourth-order valence-electron chi connectivity index (χ4n) is 3.39. The van der Waals surface area contributed by atoms with Crippen LogP contribution in [0.25, 0.3) is 0 Å². The predicted octanol–water partition coefficient (Wildman–Crippen LogP) is 5.40. The molecule has 1 aliphatic carbocycles. The highest BCUT2D eigenvalue weighted by Crippen LogP contribution is 2.46. The predicted molar refractivity (Wildman–Crippen MR) is 128 cm³/mol. The molecule has 1 fully saturated rings. The van der Waals surface area contributed by atoms with E-state index in [1.54, 1.807) is 0 Å². The molecule has 0 radical (unpaired) electrons. The van der Waals surface area contributed by atoms with Crippen molar-refractivity contribution < 1.29 is 27.9 Å². The maximum absolute atomic E-state index is 12.7. The van der Waals surface area contributed by atoms with Crippen LogP contribution < -0.4 is 0 Å². The van der Waals surface area contributed by atoms with Crippen molar-refractivity contribution in [3.05, 3.63) is 11.6 Å². The van der Waals surface area contributed by atoms with E-state index >= 15 is 0 Å². The number of hydrogen-bond donors (Lipinski definition) is 0. The first-order valence-electron chi connectivity index (χ1n) is 11.2. The number of hydrogen-bond acceptors (Lipinski definition) is 6. The molecule has 0 unspecified atom stereocenters. The molecule has 1 heterocycles. The zero-order chi connectivity index (χ0) is 24.2. The van der Waals surface area contributed by atoms with E-state index in [1.807, 2.05) is 19.9 Å². The smallest absolute Gasteiger partial charge is 0.336 e. The highest BCUT2D eigenvalue weighted by atomic mass is 28.4. The highest BCUT2D eigenvalue weighted by molar-refractivity contribution is 6.74. The maximum atomic E-state index is 12.7. The van der Waals surface area contributed by atoms with Crippen molar-refractivity contribution in [2.24, 2.45) is 0 Å². The molecule has 0 saturated carbocycles. The third kappa shape index (κ3) is 5.53. The summed E-state index contributed by atoms with van der Waals surface area (Å²) >= 11 is 0. The van der Waals surface area contributed by atoms with Gasteiger partial charge in [-0.2, -0.15) is 0 Å². The van der Waals surface area contributed by atoms with E-state index in [0.29, 0.717) is 5.57 Å². The van der Waals surface area contributed by atoms with Crippen LogP contribution in [-0.4, -0.2) is 59.9 Å². The molecule has 0 bridgehead atoms. The highest BCUT2D eigenvalue weighted by Gasteiger charge is 2.57. The SMILES string of the molecule is COC(=O)C1=C[C@H](O[Si](C)(C)C(C)(C)C)[C@@H](O[Si](C)(C)C(C)(C)C)[C@@H]2OC(C)(C)O[C@H]12. The number of carbonyl (C=O) groups excluding carboxylic acids is 1. The minimum Gasteiger partial charge on any atom is -0.466 e. The van der Waals surface area contributed by atoms with Gasteiger partial charge in [0, 0.05) is 0 Å². The minimum absolute atomic E-state index is 0.0109. The zero-order valence-electron chi connectivity index (χ0n) is 21.8. The first kappa shape index (κ1) is 26.7. The van der Waals surface area contributed by atoms with E-state index in [0.717, 1.165) is 0 Å². The van der Waals surface area contributed by atoms with Crippen LogP contribution in [0.5, 0.6) is 0 Å². The first-order valence-corrected chi connectivity index (χ1v) is 17.1. The van der Waals surface area contributed by atoms with Gasteiger partial charge in [-0.1, -0.05) is 41.5 Å². The number of ether oxygens (including phenoxy) is 3. The van der Waals surface area contributed by atoms with Crippen LogP contribution in [0.2, 0.25) is 36.3 Å². The average molecular weight is 473 g/mol. The summed E-state index contributed by atoms with van der Waals surface area (Å²) in [5.41, 5.74) is 0.455. The fourth-order valence-corrected chi connectivity index (χ4v) is 5.93. The molecule has 0 spiro atoms. The lowest BCUT2D eigenvalue weighted by Crippen LogP contribution is -2.59. The molecule has 4 atom stereocenters. The largest absolute Gasteiger partial charge is 0.466 e. The van der Waals surface area contributed by atoms with Crippen LogP contribution in [0.3, 0.4) is 0 Å². The molecule has 8 heteroatoms. The second kappa shape index (κ2) is 8.36. The van der Waals surface area contributed by atoms with Crippen molar-refractivity contribution in [1.29, 1.82) is 0 Å². The van der Waals surface area contributed by atoms with Crippen LogP contribution in [0.4, 0.5) is 0 Å². The van der Waals surface area contributed by atoms with Crippen molar-refractivity contribution in [2.75, 3.05) is 7.11 Å². The monoisotopic (exact) mass is 472 g/mol. The lowest BCUT2D eigenvalue weighted by molar-refractivity contribution is -0.156. The molecule has 0 aromatic rings. The normalized spacial score (nSPS) is 29.4. The molecular weight excluding hydrogens is 428 g/mol. The fraction of sp³-hybridized carbons (Fsp3) is 0.870. The average Bonchev–Trinajstić information content (AvgIpc) is 2.89. The quantitative estimate of drug-likeness (QED) is 0.394. The molecule has 2 aliphatic rings. The van der Waals surface area contributed by atoms with Gasteiger partial charge in [0.15, 0.2) is 22.4 Å². The van der Waals surface area contributed by atoms with Crippen molar-refractivity contribution in [3.63, 3.8) is 0 Å². The van der Waals surface area contributed by atoms with Gasteiger partial charge in [0.05, 0.1) is 18.8 Å². The Morgan fingerprint density at radius 1 is 0.935 bits per heavy atom. The topological polar surface area (TPSA) is 63.2 Å². The summed E-state index contributed by atoms with van der Waals surface area (Å²) in [5.74, 6) is -1.24. The molecule has 0 aromatic heterocycles. The van der Waals surface area contributed by atoms with Crippen molar-refractivity contribution in [3.8, 4) is 0 Å². The van der Waals surface area contributed by atoms with Gasteiger partial charge >= 0.3 is 5.97 Å². The molecule has 6 nitrogen and oxygen atoms in total. The molecule has 1 saturated heterocycles. The third-order valence-electron chi connectivity index (χ3n) is 7.32. The summed E-state index contributed by atoms with van der Waals surface area (Å²) in [4.78, 5) is 12.7. The molecule has 0 N–H and O–H groups in total. The van der Waals surface area contributed by atoms with Gasteiger partial charge in [-0.15, -0.1) is 0 Å². The van der Waals surface area contributed by atoms with Crippen molar-refractivity contribution in [2.45, 2.75) is 122 Å². The number of fused-ring (bicyclic) bond motifs is 1. The Kier molecular flexibility index (Phi) is 7.21. The van der Waals surface area contributed by atoms with Gasteiger partial charge in [-0.3, -0.25) is 0 Å². The van der Waals surface area contributed by atoms with Crippen LogP contribution >= 0.6 is 0 Å². The van der Waals surface area contributed by atoms with Crippen molar-refractivity contribution in [1.82, 2.24) is 0 Å². The van der Waals surface area contributed by atoms with E-state index in [1.165, 1.54) is 7.11 Å². The van der Waals surface area contributed by atoms with Crippen LogP contribution in [-0.2, 0) is 27.9 Å². The minimum atomic E-state index is -2.17. The lowest BCUT2D eigenvalue weighted by Gasteiger charge is -2.47. The van der Waals surface area contributed by atoms with Crippen LogP contribution in [0.1, 0.15) is 55.4 Å². The second-order valence-corrected chi connectivity index (χ2v) is 21.8. The van der Waals surface area contributed by atoms with Crippen LogP contribution in [0, 0.1) is 0 Å². The number of carbonyl (C=O) groups is 1. The van der Waals surface area contributed by atoms with Crippen molar-refractivity contribution >= 4 is 22.6 Å². The van der Waals surface area contributed by atoms with E-state index < -0.39 is 46.7 Å². The molecular formula is C23H44O6Si2. The summed E-state index contributed by atoms with van der Waals surface area (Å²) in [6.45, 7) is 25.9. The summed E-state index contributed by atoms with van der Waals surface area (Å²) in [7, 11) is -2.94. The number of rotatable bonds is 5. The Bertz CT molecular complexity index is 715. The maximum Gasteiger partial charge on any atom is 0.336 e. The van der Waals surface area contributed by atoms with Gasteiger partial charge < -0.3 is 23.1 Å². The molecule has 1 aliphatic heterocycles. The Morgan fingerprint density at radius 3 is 1.87 bits per heavy atom. The Balaban J connectivity index is 2.58. The standard InChI is InChI=1S/C23H44O6Si2/c1-21(2,3)30(10,11)28-16-14-15(20(24)25-9)17-19(27-23(7,8)26-17)18(16)29-31(12,13)22(4,5)6/h14,16-19H,1-13H3/t16-,17+,18+,19+/m0/s1. The summed E-state index contributed by atoms with van der Waals surface area (Å²) < 4.78 is 31.3. The summed E-state index contributed by atoms with van der Waals surface area (Å²) in [6.07, 6.45) is 0.100. The van der Waals surface area contributed by atoms with Gasteiger partial charge in [-0.05, 0) is 56.2 Å². The third-order valence-corrected chi connectivity index (χ3v) is 16.3. The molecule has 0 aromatic carbocycles. The van der Waals surface area contributed by atoms with Gasteiger partial charge in [0.25, 0.3) is 0 Å². The Labute approximate surface area is 191 Å². The molecule has 180 valence electrons. The van der Waals surface area contributed by atoms with E-state index in [4.69, 9.17) is 23.1 Å². The Morgan fingerprint density at radius 2 is 1.42 bits per heavy atom. The molecule has 31 heavy (non-hydrogen) atoms. The molecule has 2 rings (SSSR count). The summed E-state index contributed by atoms with van der Waals surface area (Å²) in [5, 5.41) is 0.0300. The lowest BCUT2D eigenvalue weighted by atomic mass is 9.89. The Hall–Kier alpha value is -0.516. The number of esters is 1. The van der Waals surface area contributed by atoms with Gasteiger partial charge in [0.1, 0.15) is 18.3 Å². The summed E-state index contributed by atoms with van der Waals surface area (Å²) in [6, 6.07) is 0. The molecule has 0 amide bonds. The first-order chi connectivity index (χ1) is 13.7. The number of methoxy groups -OCH3 is 1.